The van der Waals surface area contributed by atoms with Crippen LogP contribution in [0.3, 0.4) is 0 Å². The molecule has 138 valence electrons. The van der Waals surface area contributed by atoms with Crippen LogP contribution in [0.25, 0.3) is 0 Å². The lowest BCUT2D eigenvalue weighted by Crippen LogP contribution is -2.27. The Morgan fingerprint density at radius 3 is 2.46 bits per heavy atom. The van der Waals surface area contributed by atoms with Gasteiger partial charge in [-0.2, -0.15) is 0 Å². The van der Waals surface area contributed by atoms with Gasteiger partial charge in [0.15, 0.2) is 0 Å². The lowest BCUT2D eigenvalue weighted by molar-refractivity contribution is -0.129. The fraction of sp³-hybridized carbons (Fsp3) is 0.263. The molecule has 0 aromatic heterocycles. The maximum Gasteiger partial charge on any atom is 0.243 e. The molecule has 2 rings (SSSR count). The Bertz CT molecular complexity index is 796. The summed E-state index contributed by atoms with van der Waals surface area (Å²) in [6, 6.07) is 12.7. The Kier molecular flexibility index (Phi) is 7.45. The monoisotopic (exact) mass is 394 g/mol. The first-order valence-corrected chi connectivity index (χ1v) is 8.84. The van der Waals surface area contributed by atoms with Crippen LogP contribution in [0.2, 0.25) is 10.0 Å². The minimum atomic E-state index is -0.590. The molecule has 1 unspecified atom stereocenters. The Morgan fingerprint density at radius 2 is 1.81 bits per heavy atom. The van der Waals surface area contributed by atoms with Gasteiger partial charge in [-0.25, -0.2) is 5.48 Å². The largest absolute Gasteiger partial charge is 0.352 e. The maximum absolute atomic E-state index is 12.4. The van der Waals surface area contributed by atoms with Crippen LogP contribution in [0, 0.1) is 6.92 Å². The van der Waals surface area contributed by atoms with Gasteiger partial charge >= 0.3 is 0 Å². The summed E-state index contributed by atoms with van der Waals surface area (Å²) in [6.45, 7) is 2.38. The normalized spacial score (nSPS) is 11.7. The van der Waals surface area contributed by atoms with Crippen molar-refractivity contribution in [3.63, 3.8) is 0 Å². The summed E-state index contributed by atoms with van der Waals surface area (Å²) in [5.74, 6) is -1.29. The summed E-state index contributed by atoms with van der Waals surface area (Å²) in [6.07, 6.45) is -0.0176. The number of carbonyl (C=O) groups excluding carboxylic acids is 2. The molecule has 0 saturated carbocycles. The fourth-order valence-electron chi connectivity index (χ4n) is 2.71. The number of hydrogen-bond donors (Lipinski definition) is 3. The second kappa shape index (κ2) is 9.57. The average molecular weight is 395 g/mol. The zero-order valence-electron chi connectivity index (χ0n) is 14.3. The van der Waals surface area contributed by atoms with Crippen molar-refractivity contribution in [1.29, 1.82) is 0 Å². The SMILES string of the molecule is Cc1cccc(CNC(=O)CC(CC(=O)NO)c2ccc(Cl)cc2Cl)c1. The minimum Gasteiger partial charge on any atom is -0.352 e. The average Bonchev–Trinajstić information content (AvgIpc) is 2.59. The molecule has 0 radical (unpaired) electrons. The number of halogens is 2. The molecule has 3 N–H and O–H groups in total. The molecule has 26 heavy (non-hydrogen) atoms. The van der Waals surface area contributed by atoms with Crippen molar-refractivity contribution in [3.05, 3.63) is 69.2 Å². The number of carbonyl (C=O) groups is 2. The minimum absolute atomic E-state index is 0.0561. The van der Waals surface area contributed by atoms with Crippen LogP contribution >= 0.6 is 23.2 Å². The molecule has 0 fully saturated rings. The molecule has 0 spiro atoms. The van der Waals surface area contributed by atoms with Crippen molar-refractivity contribution in [2.75, 3.05) is 0 Å². The van der Waals surface area contributed by atoms with E-state index in [9.17, 15) is 9.59 Å². The Balaban J connectivity index is 2.07. The number of rotatable bonds is 7. The van der Waals surface area contributed by atoms with E-state index in [0.29, 0.717) is 22.2 Å². The van der Waals surface area contributed by atoms with Crippen molar-refractivity contribution >= 4 is 35.0 Å². The lowest BCUT2D eigenvalue weighted by Gasteiger charge is -2.18. The molecule has 2 amide bonds. The highest BCUT2D eigenvalue weighted by Crippen LogP contribution is 2.32. The molecule has 0 saturated heterocycles. The quantitative estimate of drug-likeness (QED) is 0.490. The van der Waals surface area contributed by atoms with Crippen LogP contribution in [0.5, 0.6) is 0 Å². The zero-order valence-corrected chi connectivity index (χ0v) is 15.8. The van der Waals surface area contributed by atoms with Gasteiger partial charge in [-0.3, -0.25) is 14.8 Å². The van der Waals surface area contributed by atoms with Crippen LogP contribution in [0.15, 0.2) is 42.5 Å². The van der Waals surface area contributed by atoms with Gasteiger partial charge in [0.05, 0.1) is 0 Å². The molecule has 5 nitrogen and oxygen atoms in total. The highest BCUT2D eigenvalue weighted by Gasteiger charge is 2.22. The predicted molar refractivity (Wildman–Crippen MR) is 101 cm³/mol. The first kappa shape index (κ1) is 20.2. The molecule has 0 aliphatic rings. The van der Waals surface area contributed by atoms with E-state index in [-0.39, 0.29) is 18.7 Å². The van der Waals surface area contributed by atoms with Crippen molar-refractivity contribution in [3.8, 4) is 0 Å². The summed E-state index contributed by atoms with van der Waals surface area (Å²) in [5, 5.41) is 12.5. The highest BCUT2D eigenvalue weighted by molar-refractivity contribution is 6.35. The predicted octanol–water partition coefficient (Wildman–Crippen LogP) is 3.99. The van der Waals surface area contributed by atoms with E-state index in [2.05, 4.69) is 5.32 Å². The zero-order chi connectivity index (χ0) is 19.1. The fourth-order valence-corrected chi connectivity index (χ4v) is 3.28. The molecule has 1 atom stereocenters. The van der Waals surface area contributed by atoms with Crippen molar-refractivity contribution in [2.45, 2.75) is 32.2 Å². The molecule has 2 aromatic rings. The molecule has 7 heteroatoms. The van der Waals surface area contributed by atoms with Crippen LogP contribution in [-0.2, 0) is 16.1 Å². The van der Waals surface area contributed by atoms with Gasteiger partial charge in [-0.15, -0.1) is 0 Å². The second-order valence-corrected chi connectivity index (χ2v) is 6.92. The maximum atomic E-state index is 12.4. The topological polar surface area (TPSA) is 78.4 Å². The molecule has 2 aromatic carbocycles. The van der Waals surface area contributed by atoms with Gasteiger partial charge in [0.2, 0.25) is 11.8 Å². The Morgan fingerprint density at radius 1 is 1.08 bits per heavy atom. The summed E-state index contributed by atoms with van der Waals surface area (Å²) in [4.78, 5) is 24.0. The molecule has 0 bridgehead atoms. The van der Waals surface area contributed by atoms with Crippen LogP contribution in [0.4, 0.5) is 0 Å². The number of nitrogens with one attached hydrogen (secondary N) is 2. The summed E-state index contributed by atoms with van der Waals surface area (Å²) >= 11 is 12.1. The first-order valence-electron chi connectivity index (χ1n) is 8.09. The third-order valence-corrected chi connectivity index (χ3v) is 4.53. The Hall–Kier alpha value is -2.08. The molecular weight excluding hydrogens is 375 g/mol. The van der Waals surface area contributed by atoms with E-state index in [1.807, 2.05) is 31.2 Å². The molecule has 0 aliphatic carbocycles. The van der Waals surface area contributed by atoms with Crippen LogP contribution in [0.1, 0.15) is 35.4 Å². The van der Waals surface area contributed by atoms with Gasteiger partial charge < -0.3 is 5.32 Å². The third-order valence-electron chi connectivity index (χ3n) is 3.96. The van der Waals surface area contributed by atoms with E-state index in [4.69, 9.17) is 28.4 Å². The van der Waals surface area contributed by atoms with Gasteiger partial charge in [0, 0.05) is 35.3 Å². The van der Waals surface area contributed by atoms with Gasteiger partial charge in [-0.1, -0.05) is 59.1 Å². The van der Waals surface area contributed by atoms with Crippen molar-refractivity contribution < 1.29 is 14.8 Å². The number of amides is 2. The van der Waals surface area contributed by atoms with Crippen LogP contribution in [-0.4, -0.2) is 17.0 Å². The standard InChI is InChI=1S/C19H20Cl2N2O3/c1-12-3-2-4-13(7-12)11-22-18(24)8-14(9-19(25)23-26)16-6-5-15(20)10-17(16)21/h2-7,10,14,26H,8-9,11H2,1H3,(H,22,24)(H,23,25). The smallest absolute Gasteiger partial charge is 0.243 e. The van der Waals surface area contributed by atoms with E-state index < -0.39 is 11.8 Å². The number of aryl methyl sites for hydroxylation is 1. The molecule has 0 heterocycles. The molecular formula is C19H20Cl2N2O3. The second-order valence-electron chi connectivity index (χ2n) is 6.07. The number of hydroxylamine groups is 1. The number of benzene rings is 2. The summed E-state index contributed by atoms with van der Waals surface area (Å²) < 4.78 is 0. The first-order chi connectivity index (χ1) is 12.4. The highest BCUT2D eigenvalue weighted by atomic mass is 35.5. The van der Waals surface area contributed by atoms with Gasteiger partial charge in [0.1, 0.15) is 0 Å². The van der Waals surface area contributed by atoms with E-state index in [1.54, 1.807) is 23.7 Å². The van der Waals surface area contributed by atoms with Gasteiger partial charge in [-0.05, 0) is 30.2 Å². The lowest BCUT2D eigenvalue weighted by atomic mass is 9.91. The van der Waals surface area contributed by atoms with E-state index >= 15 is 0 Å². The third kappa shape index (κ3) is 6.02. The van der Waals surface area contributed by atoms with Crippen LogP contribution < -0.4 is 10.8 Å². The van der Waals surface area contributed by atoms with E-state index in [0.717, 1.165) is 11.1 Å². The summed E-state index contributed by atoms with van der Waals surface area (Å²) in [7, 11) is 0. The summed E-state index contributed by atoms with van der Waals surface area (Å²) in [5.41, 5.74) is 4.33. The Labute approximate surface area is 162 Å². The van der Waals surface area contributed by atoms with E-state index in [1.165, 1.54) is 0 Å². The van der Waals surface area contributed by atoms with Crippen molar-refractivity contribution in [1.82, 2.24) is 10.8 Å². The van der Waals surface area contributed by atoms with Crippen molar-refractivity contribution in [2.24, 2.45) is 0 Å². The number of hydrogen-bond acceptors (Lipinski definition) is 3. The molecule has 0 aliphatic heterocycles. The van der Waals surface area contributed by atoms with Gasteiger partial charge in [0.25, 0.3) is 0 Å².